The molecule has 5 nitrogen and oxygen atoms in total. The summed E-state index contributed by atoms with van der Waals surface area (Å²) in [7, 11) is 1.75. The van der Waals surface area contributed by atoms with Gasteiger partial charge in [-0.2, -0.15) is 0 Å². The van der Waals surface area contributed by atoms with Gasteiger partial charge in [0.25, 0.3) is 0 Å². The number of piperidine rings is 1. The summed E-state index contributed by atoms with van der Waals surface area (Å²) in [5.74, 6) is 0.0806. The summed E-state index contributed by atoms with van der Waals surface area (Å²) in [4.78, 5) is 6.35. The van der Waals surface area contributed by atoms with E-state index in [9.17, 15) is 0 Å². The maximum absolute atomic E-state index is 7.63. The largest absolute Gasteiger partial charge is 0.384 e. The SMILES string of the molecule is COC1(C)CCCN(c2cnccc2C(=N)N)C1. The second-order valence-electron chi connectivity index (χ2n) is 4.99. The molecule has 98 valence electrons. The molecule has 0 saturated carbocycles. The fourth-order valence-corrected chi connectivity index (χ4v) is 2.44. The first-order valence-corrected chi connectivity index (χ1v) is 6.14. The lowest BCUT2D eigenvalue weighted by Gasteiger charge is -2.41. The summed E-state index contributed by atoms with van der Waals surface area (Å²) >= 11 is 0. The van der Waals surface area contributed by atoms with Gasteiger partial charge in [-0.15, -0.1) is 0 Å². The van der Waals surface area contributed by atoms with Gasteiger partial charge in [-0.1, -0.05) is 0 Å². The van der Waals surface area contributed by atoms with Crippen molar-refractivity contribution < 1.29 is 4.74 Å². The number of nitrogens with zero attached hydrogens (tertiary/aromatic N) is 2. The molecule has 0 aromatic carbocycles. The third-order valence-corrected chi connectivity index (χ3v) is 3.58. The van der Waals surface area contributed by atoms with Crippen molar-refractivity contribution in [2.24, 2.45) is 5.73 Å². The van der Waals surface area contributed by atoms with Crippen LogP contribution in [0.15, 0.2) is 18.5 Å². The topological polar surface area (TPSA) is 75.2 Å². The quantitative estimate of drug-likeness (QED) is 0.626. The highest BCUT2D eigenvalue weighted by Crippen LogP contribution is 2.29. The molecule has 0 amide bonds. The fraction of sp³-hybridized carbons (Fsp3) is 0.538. The van der Waals surface area contributed by atoms with E-state index in [-0.39, 0.29) is 11.4 Å². The average Bonchev–Trinajstić information content (AvgIpc) is 2.39. The zero-order chi connectivity index (χ0) is 13.2. The first kappa shape index (κ1) is 12.8. The Hall–Kier alpha value is -1.62. The van der Waals surface area contributed by atoms with Gasteiger partial charge in [0.15, 0.2) is 0 Å². The molecule has 5 heteroatoms. The number of ether oxygens (including phenoxy) is 1. The van der Waals surface area contributed by atoms with Gasteiger partial charge in [-0.25, -0.2) is 0 Å². The van der Waals surface area contributed by atoms with E-state index in [4.69, 9.17) is 15.9 Å². The first-order valence-electron chi connectivity index (χ1n) is 6.14. The minimum Gasteiger partial charge on any atom is -0.384 e. The molecule has 1 aliphatic rings. The molecule has 0 radical (unpaired) electrons. The van der Waals surface area contributed by atoms with Gasteiger partial charge in [0, 0.05) is 32.0 Å². The van der Waals surface area contributed by atoms with Gasteiger partial charge in [-0.05, 0) is 25.8 Å². The highest BCUT2D eigenvalue weighted by Gasteiger charge is 2.31. The van der Waals surface area contributed by atoms with Crippen molar-refractivity contribution >= 4 is 11.5 Å². The fourth-order valence-electron chi connectivity index (χ4n) is 2.44. The number of anilines is 1. The van der Waals surface area contributed by atoms with Crippen molar-refractivity contribution in [1.82, 2.24) is 4.98 Å². The van der Waals surface area contributed by atoms with Crippen molar-refractivity contribution in [3.63, 3.8) is 0 Å². The smallest absolute Gasteiger partial charge is 0.125 e. The Bertz CT molecular complexity index is 448. The number of nitrogens with two attached hydrogens (primary N) is 1. The van der Waals surface area contributed by atoms with Crippen molar-refractivity contribution in [3.05, 3.63) is 24.0 Å². The Balaban J connectivity index is 2.29. The molecule has 1 aromatic heterocycles. The number of methoxy groups -OCH3 is 1. The number of nitrogens with one attached hydrogen (secondary N) is 1. The highest BCUT2D eigenvalue weighted by molar-refractivity contribution is 6.00. The van der Waals surface area contributed by atoms with Crippen LogP contribution in [0.3, 0.4) is 0 Å². The molecule has 1 unspecified atom stereocenters. The van der Waals surface area contributed by atoms with E-state index < -0.39 is 0 Å². The van der Waals surface area contributed by atoms with Crippen LogP contribution in [0.2, 0.25) is 0 Å². The molecule has 0 aliphatic carbocycles. The van der Waals surface area contributed by atoms with Crippen LogP contribution in [-0.2, 0) is 4.74 Å². The van der Waals surface area contributed by atoms with E-state index in [1.54, 1.807) is 25.6 Å². The molecule has 2 heterocycles. The zero-order valence-electron chi connectivity index (χ0n) is 10.9. The maximum atomic E-state index is 7.63. The van der Waals surface area contributed by atoms with E-state index in [2.05, 4.69) is 16.8 Å². The van der Waals surface area contributed by atoms with E-state index in [1.807, 2.05) is 0 Å². The first-order chi connectivity index (χ1) is 8.56. The van der Waals surface area contributed by atoms with Gasteiger partial charge in [-0.3, -0.25) is 10.4 Å². The number of hydrogen-bond donors (Lipinski definition) is 2. The Morgan fingerprint density at radius 3 is 3.06 bits per heavy atom. The summed E-state index contributed by atoms with van der Waals surface area (Å²) in [6.45, 7) is 3.86. The molecule has 3 N–H and O–H groups in total. The van der Waals surface area contributed by atoms with Gasteiger partial charge in [0.05, 0.1) is 17.5 Å². The Morgan fingerprint density at radius 1 is 1.61 bits per heavy atom. The number of rotatable bonds is 3. The van der Waals surface area contributed by atoms with Gasteiger partial charge < -0.3 is 15.4 Å². The monoisotopic (exact) mass is 248 g/mol. The molecule has 1 atom stereocenters. The molecule has 0 spiro atoms. The van der Waals surface area contributed by atoms with E-state index >= 15 is 0 Å². The van der Waals surface area contributed by atoms with Crippen LogP contribution in [0.4, 0.5) is 5.69 Å². The van der Waals surface area contributed by atoms with Crippen LogP contribution in [0.25, 0.3) is 0 Å². The Labute approximate surface area is 107 Å². The molecular weight excluding hydrogens is 228 g/mol. The molecule has 1 aliphatic heterocycles. The minimum atomic E-state index is -0.137. The molecular formula is C13H20N4O. The second kappa shape index (κ2) is 4.94. The zero-order valence-corrected chi connectivity index (χ0v) is 10.9. The lowest BCUT2D eigenvalue weighted by Crippen LogP contribution is -2.48. The standard InChI is InChI=1S/C13H20N4O/c1-13(18-2)5-3-7-17(9-13)11-8-16-6-4-10(11)12(14)15/h4,6,8H,3,5,7,9H2,1-2H3,(H3,14,15). The summed E-state index contributed by atoms with van der Waals surface area (Å²) in [5, 5.41) is 7.63. The summed E-state index contributed by atoms with van der Waals surface area (Å²) in [6.07, 6.45) is 5.56. The van der Waals surface area contributed by atoms with Crippen molar-refractivity contribution in [3.8, 4) is 0 Å². The summed E-state index contributed by atoms with van der Waals surface area (Å²) in [5.41, 5.74) is 7.15. The number of pyridine rings is 1. The Kier molecular flexibility index (Phi) is 3.52. The number of amidine groups is 1. The molecule has 1 fully saturated rings. The third-order valence-electron chi connectivity index (χ3n) is 3.58. The van der Waals surface area contributed by atoms with Crippen molar-refractivity contribution in [2.45, 2.75) is 25.4 Å². The van der Waals surface area contributed by atoms with E-state index in [0.717, 1.165) is 37.2 Å². The molecule has 2 rings (SSSR count). The van der Waals surface area contributed by atoms with Crippen LogP contribution in [0, 0.1) is 5.41 Å². The van der Waals surface area contributed by atoms with Crippen LogP contribution in [0.1, 0.15) is 25.3 Å². The number of nitrogen functional groups attached to an aromatic ring is 1. The highest BCUT2D eigenvalue weighted by atomic mass is 16.5. The van der Waals surface area contributed by atoms with E-state index in [1.165, 1.54) is 0 Å². The van der Waals surface area contributed by atoms with E-state index in [0.29, 0.717) is 0 Å². The van der Waals surface area contributed by atoms with Gasteiger partial charge >= 0.3 is 0 Å². The van der Waals surface area contributed by atoms with Crippen LogP contribution in [-0.4, -0.2) is 36.6 Å². The van der Waals surface area contributed by atoms with Gasteiger partial charge in [0.2, 0.25) is 0 Å². The maximum Gasteiger partial charge on any atom is 0.125 e. The summed E-state index contributed by atoms with van der Waals surface area (Å²) in [6, 6.07) is 1.79. The Morgan fingerprint density at radius 2 is 2.39 bits per heavy atom. The normalized spacial score (nSPS) is 24.0. The lowest BCUT2D eigenvalue weighted by atomic mass is 9.94. The molecule has 1 aromatic rings. The summed E-state index contributed by atoms with van der Waals surface area (Å²) < 4.78 is 5.58. The molecule has 18 heavy (non-hydrogen) atoms. The predicted octanol–water partition coefficient (Wildman–Crippen LogP) is 1.37. The molecule has 0 bridgehead atoms. The van der Waals surface area contributed by atoms with Crippen molar-refractivity contribution in [2.75, 3.05) is 25.1 Å². The van der Waals surface area contributed by atoms with Gasteiger partial charge in [0.1, 0.15) is 5.84 Å². The lowest BCUT2D eigenvalue weighted by molar-refractivity contribution is -0.00467. The number of aromatic nitrogens is 1. The van der Waals surface area contributed by atoms with Crippen LogP contribution >= 0.6 is 0 Å². The van der Waals surface area contributed by atoms with Crippen LogP contribution < -0.4 is 10.6 Å². The van der Waals surface area contributed by atoms with Crippen LogP contribution in [0.5, 0.6) is 0 Å². The second-order valence-corrected chi connectivity index (χ2v) is 4.99. The molecule has 1 saturated heterocycles. The third kappa shape index (κ3) is 2.46. The van der Waals surface area contributed by atoms with Crippen molar-refractivity contribution in [1.29, 1.82) is 5.41 Å². The minimum absolute atomic E-state index is 0.0806. The number of hydrogen-bond acceptors (Lipinski definition) is 4. The predicted molar refractivity (Wildman–Crippen MR) is 72.1 cm³/mol. The average molecular weight is 248 g/mol.